The molecule has 15 rings (SSSR count). The highest BCUT2D eigenvalue weighted by molar-refractivity contribution is 6.35. The molecule has 0 aliphatic carbocycles. The number of rotatable bonds is 15. The Morgan fingerprint density at radius 3 is 0.894 bits per heavy atom. The number of carbonyl (C=O) groups excluding carboxylic acids is 3. The number of anilines is 6. The molecule has 141 heavy (non-hydrogen) atoms. The molecule has 9 aromatic heterocycles. The summed E-state index contributed by atoms with van der Waals surface area (Å²) >= 11 is 19.8. The Labute approximate surface area is 809 Å². The second-order valence-electron chi connectivity index (χ2n) is 34.3. The van der Waals surface area contributed by atoms with Crippen molar-refractivity contribution >= 4 is 120 Å². The van der Waals surface area contributed by atoms with Crippen molar-refractivity contribution in [3.8, 4) is 69.0 Å². The summed E-state index contributed by atoms with van der Waals surface area (Å²) in [6.45, 7) is 33.7. The van der Waals surface area contributed by atoms with Crippen LogP contribution in [0.4, 0.5) is 95.6 Å². The Hall–Kier alpha value is -15.0. The van der Waals surface area contributed by atoms with Gasteiger partial charge in [0.05, 0.1) is 117 Å². The summed E-state index contributed by atoms with van der Waals surface area (Å²) in [4.78, 5) is 117. The number of aryl methyl sites for hydroxylation is 3. The van der Waals surface area contributed by atoms with E-state index in [1.165, 1.54) is 30.5 Å². The van der Waals surface area contributed by atoms with Gasteiger partial charge in [-0.2, -0.15) is 29.0 Å². The van der Waals surface area contributed by atoms with Crippen LogP contribution in [0.2, 0.25) is 15.1 Å². The van der Waals surface area contributed by atoms with E-state index in [9.17, 15) is 92.8 Å². The van der Waals surface area contributed by atoms with Crippen molar-refractivity contribution in [3.05, 3.63) is 259 Å². The van der Waals surface area contributed by atoms with Crippen molar-refractivity contribution in [1.82, 2.24) is 58.3 Å². The van der Waals surface area contributed by atoms with Crippen LogP contribution in [0, 0.1) is 119 Å². The predicted octanol–water partition coefficient (Wildman–Crippen LogP) is 18.2. The number of nitrogens with two attached hydrogens (primary N) is 3. The molecular formula is C97H84Cl3F14N21O6. The number of piperazine rings is 3. The fourth-order valence-electron chi connectivity index (χ4n) is 17.8. The number of benzene rings is 3. The lowest BCUT2D eigenvalue weighted by atomic mass is 10.00. The number of aromatic nitrogens is 9. The third kappa shape index (κ3) is 18.0. The summed E-state index contributed by atoms with van der Waals surface area (Å²) in [5.41, 5.74) is 6.02. The number of hydrogen-bond donors (Lipinski definition) is 3. The van der Waals surface area contributed by atoms with Gasteiger partial charge in [-0.25, -0.2) is 63.2 Å². The molecule has 732 valence electrons. The van der Waals surface area contributed by atoms with Crippen LogP contribution >= 0.6 is 34.8 Å². The molecule has 27 nitrogen and oxygen atoms in total. The number of pyridine rings is 9. The molecule has 3 fully saturated rings. The molecule has 0 saturated carbocycles. The molecule has 3 aromatic carbocycles. The normalized spacial score (nSPS) is 15.1. The van der Waals surface area contributed by atoms with E-state index >= 15 is 13.2 Å². The van der Waals surface area contributed by atoms with Crippen molar-refractivity contribution in [3.63, 3.8) is 0 Å². The number of nitriles is 3. The minimum absolute atomic E-state index is 0.0381. The van der Waals surface area contributed by atoms with Gasteiger partial charge >= 0.3 is 6.18 Å². The zero-order valence-electron chi connectivity index (χ0n) is 77.0. The second-order valence-corrected chi connectivity index (χ2v) is 35.6. The quantitative estimate of drug-likeness (QED) is 0.0282. The number of fused-ring (bicyclic) bond motifs is 3. The third-order valence-corrected chi connectivity index (χ3v) is 25.4. The van der Waals surface area contributed by atoms with Crippen LogP contribution in [0.25, 0.3) is 83.9 Å². The standard InChI is InChI=1S/C33H28ClF6N7O2.2C32H28ClF4N7O2/c1-6-20(48)46-10-9-45(13-16(46)5)30-17-11-19(34)28(21-23(35)22(33(38,39)40)24(36)25(37)26(21)42)44-31(17)47(32(49)18(30)12-41)29-15(4)7-8-43-27(29)14(2)3;2*1-6-20(45)43-10-9-42(13-16(43)5)30-17-11-19(33)28(21-22(34)23(35)24(36)25(37)26(21)39)41-31(17)44(32(46)18(30)12-38)29-15(4)7-8-40-27(29)14(2)3/h6-8,11,14,16H,1,9-10,13,42H2,2-5H3;2*6-8,11,14,16H,1,9-10,13,39H2,2-5H3/t3*16-/m111/s1. The van der Waals surface area contributed by atoms with E-state index in [1.54, 1.807) is 115 Å². The summed E-state index contributed by atoms with van der Waals surface area (Å²) < 4.78 is 206. The van der Waals surface area contributed by atoms with Gasteiger partial charge in [0.25, 0.3) is 16.7 Å². The summed E-state index contributed by atoms with van der Waals surface area (Å²) in [5, 5.41) is 30.3. The van der Waals surface area contributed by atoms with E-state index in [0.29, 0.717) is 33.8 Å². The molecule has 0 radical (unpaired) electrons. The van der Waals surface area contributed by atoms with Crippen molar-refractivity contribution in [1.29, 1.82) is 15.8 Å². The lowest BCUT2D eigenvalue weighted by Crippen LogP contribution is -2.54. The highest BCUT2D eigenvalue weighted by atomic mass is 35.5. The molecule has 0 bridgehead atoms. The zero-order chi connectivity index (χ0) is 104. The minimum atomic E-state index is -5.68. The predicted molar refractivity (Wildman–Crippen MR) is 506 cm³/mol. The van der Waals surface area contributed by atoms with E-state index in [-0.39, 0.29) is 200 Å². The number of halogens is 17. The molecule has 3 atom stereocenters. The molecule has 0 spiro atoms. The van der Waals surface area contributed by atoms with Gasteiger partial charge in [0, 0.05) is 112 Å². The van der Waals surface area contributed by atoms with E-state index < -0.39 is 154 Å². The van der Waals surface area contributed by atoms with Gasteiger partial charge in [-0.15, -0.1) is 0 Å². The average Bonchev–Trinajstić information content (AvgIpc) is 0.727. The smallest absolute Gasteiger partial charge is 0.396 e. The first-order valence-electron chi connectivity index (χ1n) is 43.2. The van der Waals surface area contributed by atoms with E-state index in [1.807, 2.05) is 45.9 Å². The third-order valence-electron chi connectivity index (χ3n) is 24.5. The Morgan fingerprint density at radius 2 is 0.660 bits per heavy atom. The SMILES string of the molecule is C=CC(=O)N1CCN(c2c(C#N)c(=O)n(-c3c(C)ccnc3C(C)C)c3nc(-c4c(N)c(F)c(F)c(C(F)(F)F)c4F)c(Cl)cc23)C[C@H]1C.C=CC(=O)N1CCN(c2c(C#N)c(=O)n(-c3c(C)ccnc3C(C)C)c3nc(-c4c(N)c(F)c(F)c(F)c4F)c(Cl)cc23)C[C@H]1C.C=CC(=O)N1CCN(c2c(C#N)c(=O)n(-c3c(C)ccnc3C(C)C)c3nc(-c4c(N)c(F)c(F)c(F)c4F)c(Cl)cc23)C[C@H]1C. The van der Waals surface area contributed by atoms with Crippen LogP contribution in [0.1, 0.15) is 136 Å². The molecular weight excluding hydrogens is 1930 g/mol. The Kier molecular flexibility index (Phi) is 29.4. The van der Waals surface area contributed by atoms with Gasteiger partial charge in [0.1, 0.15) is 63.2 Å². The van der Waals surface area contributed by atoms with E-state index in [0.717, 1.165) is 25.8 Å². The number of amides is 3. The van der Waals surface area contributed by atoms with E-state index in [4.69, 9.17) is 52.0 Å². The maximum absolute atomic E-state index is 15.7. The number of nitrogen functional groups attached to an aromatic ring is 3. The first kappa shape index (κ1) is 103. The molecule has 44 heteroatoms. The van der Waals surface area contributed by atoms with Crippen LogP contribution in [-0.2, 0) is 20.6 Å². The average molecular weight is 2010 g/mol. The number of alkyl halides is 3. The highest BCUT2D eigenvalue weighted by Gasteiger charge is 2.45. The zero-order valence-corrected chi connectivity index (χ0v) is 79.3. The molecule has 12 aromatic rings. The van der Waals surface area contributed by atoms with Crippen LogP contribution in [0.15, 0.2) is 107 Å². The monoisotopic (exact) mass is 2010 g/mol. The number of hydrogen-bond acceptors (Lipinski definition) is 21. The maximum atomic E-state index is 15.7. The van der Waals surface area contributed by atoms with Crippen molar-refractivity contribution < 1.29 is 75.8 Å². The fourth-order valence-corrected chi connectivity index (χ4v) is 18.6. The molecule has 3 aliphatic heterocycles. The minimum Gasteiger partial charge on any atom is -0.396 e. The molecule has 0 unspecified atom stereocenters. The maximum Gasteiger partial charge on any atom is 0.422 e. The highest BCUT2D eigenvalue weighted by Crippen LogP contribution is 2.49. The topological polar surface area (TPSA) is 363 Å². The molecule has 3 aliphatic rings. The Bertz CT molecular complexity index is 7330. The van der Waals surface area contributed by atoms with Crippen LogP contribution in [0.5, 0.6) is 0 Å². The van der Waals surface area contributed by atoms with Crippen molar-refractivity contribution in [2.24, 2.45) is 0 Å². The lowest BCUT2D eigenvalue weighted by Gasteiger charge is -2.41. The van der Waals surface area contributed by atoms with Gasteiger partial charge < -0.3 is 46.6 Å². The molecule has 3 amide bonds. The fraction of sp³-hybridized carbons (Fsp3) is 0.289. The van der Waals surface area contributed by atoms with Gasteiger partial charge in [-0.05, 0) is 131 Å². The van der Waals surface area contributed by atoms with Gasteiger partial charge in [-0.3, -0.25) is 57.4 Å². The molecule has 12 heterocycles. The second kappa shape index (κ2) is 40.1. The molecule has 6 N–H and O–H groups in total. The van der Waals surface area contributed by atoms with Gasteiger partial charge in [-0.1, -0.05) is 96.1 Å². The first-order valence-corrected chi connectivity index (χ1v) is 44.3. The lowest BCUT2D eigenvalue weighted by molar-refractivity contribution is -0.142. The van der Waals surface area contributed by atoms with E-state index in [2.05, 4.69) is 49.6 Å². The summed E-state index contributed by atoms with van der Waals surface area (Å²) in [5.74, 6) is -24.4. The molecule has 3 saturated heterocycles. The largest absolute Gasteiger partial charge is 0.422 e. The van der Waals surface area contributed by atoms with Crippen LogP contribution in [-0.4, -0.2) is 153 Å². The Morgan fingerprint density at radius 1 is 0.411 bits per heavy atom. The first-order chi connectivity index (χ1) is 66.4. The number of nitrogens with zero attached hydrogens (tertiary/aromatic N) is 18. The van der Waals surface area contributed by atoms with Crippen molar-refractivity contribution in [2.75, 3.05) is 90.8 Å². The van der Waals surface area contributed by atoms with Crippen LogP contribution < -0.4 is 48.6 Å². The van der Waals surface area contributed by atoms with Crippen molar-refractivity contribution in [2.45, 2.75) is 125 Å². The van der Waals surface area contributed by atoms with Crippen LogP contribution in [0.3, 0.4) is 0 Å². The Balaban J connectivity index is 0.000000178. The van der Waals surface area contributed by atoms with Gasteiger partial charge in [0.15, 0.2) is 58.2 Å². The summed E-state index contributed by atoms with van der Waals surface area (Å²) in [7, 11) is 0. The summed E-state index contributed by atoms with van der Waals surface area (Å²) in [6.07, 6.45) is 2.49. The number of carbonyl (C=O) groups is 3. The summed E-state index contributed by atoms with van der Waals surface area (Å²) in [6, 6.07) is 13.4. The van der Waals surface area contributed by atoms with Gasteiger partial charge in [0.2, 0.25) is 17.7 Å².